The normalized spacial score (nSPS) is 24.1. The van der Waals surface area contributed by atoms with E-state index in [0.717, 1.165) is 26.2 Å². The molecule has 1 fully saturated rings. The summed E-state index contributed by atoms with van der Waals surface area (Å²) in [4.78, 5) is 2.50. The van der Waals surface area contributed by atoms with Gasteiger partial charge in [-0.2, -0.15) is 0 Å². The fraction of sp³-hybridized carbons (Fsp3) is 0.625. The van der Waals surface area contributed by atoms with Gasteiger partial charge in [-0.15, -0.1) is 0 Å². The number of ether oxygens (including phenoxy) is 1. The first-order chi connectivity index (χ1) is 9.13. The second kappa shape index (κ2) is 6.51. The largest absolute Gasteiger partial charge is 0.379 e. The van der Waals surface area contributed by atoms with E-state index in [1.165, 1.54) is 11.1 Å². The summed E-state index contributed by atoms with van der Waals surface area (Å²) in [5, 5.41) is 0. The number of hydrogen-bond donors (Lipinski definition) is 1. The summed E-state index contributed by atoms with van der Waals surface area (Å²) in [6.07, 6.45) is 0.989. The molecule has 3 heteroatoms. The molecule has 1 aromatic carbocycles. The van der Waals surface area contributed by atoms with E-state index in [2.05, 4.69) is 49.9 Å². The maximum absolute atomic E-state index is 6.40. The third-order valence-electron chi connectivity index (χ3n) is 4.07. The Hall–Kier alpha value is -0.900. The quantitative estimate of drug-likeness (QED) is 0.906. The van der Waals surface area contributed by atoms with Crippen molar-refractivity contribution in [3.05, 3.63) is 35.4 Å². The number of aryl methyl sites for hydroxylation is 1. The average molecular weight is 262 g/mol. The van der Waals surface area contributed by atoms with Crippen molar-refractivity contribution in [2.45, 2.75) is 45.3 Å². The lowest BCUT2D eigenvalue weighted by Gasteiger charge is -2.42. The molecule has 3 nitrogen and oxygen atoms in total. The number of hydrogen-bond acceptors (Lipinski definition) is 3. The van der Waals surface area contributed by atoms with Crippen LogP contribution in [-0.4, -0.2) is 36.7 Å². The summed E-state index contributed by atoms with van der Waals surface area (Å²) >= 11 is 0. The predicted octanol–water partition coefficient (Wildman–Crippen LogP) is 2.49. The van der Waals surface area contributed by atoms with E-state index in [1.807, 2.05) is 0 Å². The van der Waals surface area contributed by atoms with Gasteiger partial charge in [0.1, 0.15) is 0 Å². The van der Waals surface area contributed by atoms with Crippen molar-refractivity contribution in [1.82, 2.24) is 4.90 Å². The van der Waals surface area contributed by atoms with E-state index >= 15 is 0 Å². The molecule has 1 heterocycles. The number of benzene rings is 1. The van der Waals surface area contributed by atoms with Gasteiger partial charge >= 0.3 is 0 Å². The topological polar surface area (TPSA) is 38.5 Å². The Morgan fingerprint density at radius 2 is 2.05 bits per heavy atom. The molecule has 0 amide bonds. The van der Waals surface area contributed by atoms with Crippen LogP contribution >= 0.6 is 0 Å². The van der Waals surface area contributed by atoms with Gasteiger partial charge in [0.05, 0.1) is 19.3 Å². The average Bonchev–Trinajstić information content (AvgIpc) is 2.43. The van der Waals surface area contributed by atoms with Gasteiger partial charge in [-0.3, -0.25) is 4.90 Å². The van der Waals surface area contributed by atoms with E-state index in [1.54, 1.807) is 0 Å². The molecular formula is C16H26N2O. The maximum atomic E-state index is 6.40. The lowest BCUT2D eigenvalue weighted by atomic mass is 9.94. The minimum atomic E-state index is 0.170. The van der Waals surface area contributed by atoms with Crippen LogP contribution in [0.5, 0.6) is 0 Å². The molecule has 1 aliphatic rings. The second-order valence-electron chi connectivity index (χ2n) is 5.59. The van der Waals surface area contributed by atoms with Crippen molar-refractivity contribution >= 4 is 0 Å². The Bertz CT molecular complexity index is 390. The summed E-state index contributed by atoms with van der Waals surface area (Å²) < 4.78 is 5.55. The monoisotopic (exact) mass is 262 g/mol. The number of nitrogens with two attached hydrogens (primary N) is 1. The molecule has 0 radical (unpaired) electrons. The zero-order chi connectivity index (χ0) is 13.8. The molecule has 1 aromatic rings. The van der Waals surface area contributed by atoms with E-state index in [9.17, 15) is 0 Å². The van der Waals surface area contributed by atoms with Gasteiger partial charge in [-0.05, 0) is 25.8 Å². The van der Waals surface area contributed by atoms with E-state index in [4.69, 9.17) is 10.5 Å². The molecule has 1 aliphatic heterocycles. The van der Waals surface area contributed by atoms with Gasteiger partial charge in [-0.1, -0.05) is 36.8 Å². The van der Waals surface area contributed by atoms with E-state index < -0.39 is 0 Å². The second-order valence-corrected chi connectivity index (χ2v) is 5.59. The molecule has 2 N–H and O–H groups in total. The highest BCUT2D eigenvalue weighted by Gasteiger charge is 2.31. The standard InChI is InChI=1S/C16H26N2O/c1-4-15(17)16(14-7-5-12(2)6-8-14)18-9-10-19-11-13(18)3/h5-8,13,15-16H,4,9-11,17H2,1-3H3. The van der Waals surface area contributed by atoms with Gasteiger partial charge in [-0.25, -0.2) is 0 Å². The first kappa shape index (κ1) is 14.5. The van der Waals surface area contributed by atoms with Crippen LogP contribution in [0.15, 0.2) is 24.3 Å². The van der Waals surface area contributed by atoms with Gasteiger partial charge in [0, 0.05) is 18.6 Å². The summed E-state index contributed by atoms with van der Waals surface area (Å²) in [6.45, 7) is 9.09. The van der Waals surface area contributed by atoms with E-state index in [-0.39, 0.29) is 6.04 Å². The van der Waals surface area contributed by atoms with Crippen molar-refractivity contribution in [1.29, 1.82) is 0 Å². The molecule has 0 bridgehead atoms. The zero-order valence-electron chi connectivity index (χ0n) is 12.3. The minimum Gasteiger partial charge on any atom is -0.379 e. The van der Waals surface area contributed by atoms with Gasteiger partial charge in [0.2, 0.25) is 0 Å². The Morgan fingerprint density at radius 3 is 2.63 bits per heavy atom. The van der Waals surface area contributed by atoms with Crippen molar-refractivity contribution in [3.8, 4) is 0 Å². The third kappa shape index (κ3) is 3.35. The van der Waals surface area contributed by atoms with Crippen LogP contribution in [0.25, 0.3) is 0 Å². The zero-order valence-corrected chi connectivity index (χ0v) is 12.3. The fourth-order valence-electron chi connectivity index (χ4n) is 2.82. The van der Waals surface area contributed by atoms with Crippen LogP contribution in [0.4, 0.5) is 0 Å². The smallest absolute Gasteiger partial charge is 0.0620 e. The summed E-state index contributed by atoms with van der Waals surface area (Å²) in [7, 11) is 0. The molecule has 1 saturated heterocycles. The number of rotatable bonds is 4. The molecule has 0 aliphatic carbocycles. The molecule has 0 aromatic heterocycles. The molecular weight excluding hydrogens is 236 g/mol. The molecule has 0 saturated carbocycles. The first-order valence-electron chi connectivity index (χ1n) is 7.29. The third-order valence-corrected chi connectivity index (χ3v) is 4.07. The van der Waals surface area contributed by atoms with Gasteiger partial charge in [0.25, 0.3) is 0 Å². The predicted molar refractivity (Wildman–Crippen MR) is 79.2 cm³/mol. The molecule has 2 rings (SSSR count). The van der Waals surface area contributed by atoms with Gasteiger partial charge in [0.15, 0.2) is 0 Å². The Labute approximate surface area is 116 Å². The lowest BCUT2D eigenvalue weighted by Crippen LogP contribution is -2.50. The minimum absolute atomic E-state index is 0.170. The molecule has 3 unspecified atom stereocenters. The first-order valence-corrected chi connectivity index (χ1v) is 7.29. The van der Waals surface area contributed by atoms with E-state index in [0.29, 0.717) is 12.1 Å². The van der Waals surface area contributed by atoms with Crippen molar-refractivity contribution in [2.75, 3.05) is 19.8 Å². The van der Waals surface area contributed by atoms with Crippen molar-refractivity contribution < 1.29 is 4.74 Å². The van der Waals surface area contributed by atoms with Crippen LogP contribution in [0.2, 0.25) is 0 Å². The maximum Gasteiger partial charge on any atom is 0.0620 e. The highest BCUT2D eigenvalue weighted by molar-refractivity contribution is 5.25. The number of nitrogens with zero attached hydrogens (tertiary/aromatic N) is 1. The highest BCUT2D eigenvalue weighted by atomic mass is 16.5. The molecule has 0 spiro atoms. The summed E-state index contributed by atoms with van der Waals surface area (Å²) in [6, 6.07) is 9.69. The number of morpholine rings is 1. The Morgan fingerprint density at radius 1 is 1.37 bits per heavy atom. The van der Waals surface area contributed by atoms with Gasteiger partial charge < -0.3 is 10.5 Å². The Kier molecular flexibility index (Phi) is 4.97. The van der Waals surface area contributed by atoms with Crippen LogP contribution in [0.3, 0.4) is 0 Å². The fourth-order valence-corrected chi connectivity index (χ4v) is 2.82. The Balaban J connectivity index is 2.27. The van der Waals surface area contributed by atoms with Crippen LogP contribution < -0.4 is 5.73 Å². The van der Waals surface area contributed by atoms with Crippen molar-refractivity contribution in [2.24, 2.45) is 5.73 Å². The summed E-state index contributed by atoms with van der Waals surface area (Å²) in [5.41, 5.74) is 9.02. The SMILES string of the molecule is CCC(N)C(c1ccc(C)cc1)N1CCOCC1C. The molecule has 106 valence electrons. The lowest BCUT2D eigenvalue weighted by molar-refractivity contribution is -0.0282. The molecule has 3 atom stereocenters. The summed E-state index contributed by atoms with van der Waals surface area (Å²) in [5.74, 6) is 0. The molecule has 19 heavy (non-hydrogen) atoms. The van der Waals surface area contributed by atoms with Crippen molar-refractivity contribution in [3.63, 3.8) is 0 Å². The highest BCUT2D eigenvalue weighted by Crippen LogP contribution is 2.28. The van der Waals surface area contributed by atoms with Crippen LogP contribution in [-0.2, 0) is 4.74 Å². The van der Waals surface area contributed by atoms with Crippen LogP contribution in [0.1, 0.15) is 37.4 Å². The van der Waals surface area contributed by atoms with Crippen LogP contribution in [0, 0.1) is 6.92 Å².